The molecule has 0 radical (unpaired) electrons. The molecule has 2 amide bonds. The number of carbonyl (C=O) groups excluding carboxylic acids is 2. The van der Waals surface area contributed by atoms with Crippen molar-refractivity contribution in [3.8, 4) is 0 Å². The summed E-state index contributed by atoms with van der Waals surface area (Å²) in [7, 11) is -3.51. The number of benzene rings is 1. The van der Waals surface area contributed by atoms with Crippen molar-refractivity contribution >= 4 is 21.8 Å². The van der Waals surface area contributed by atoms with E-state index in [2.05, 4.69) is 25.5 Å². The Bertz CT molecular complexity index is 1050. The fourth-order valence-corrected chi connectivity index (χ4v) is 5.02. The molecule has 0 unspecified atom stereocenters. The van der Waals surface area contributed by atoms with Gasteiger partial charge in [0.1, 0.15) is 5.54 Å². The molecular formula is C23H33N5O5S. The monoisotopic (exact) mass is 491 g/mol. The van der Waals surface area contributed by atoms with Gasteiger partial charge in [0.25, 0.3) is 0 Å². The van der Waals surface area contributed by atoms with Gasteiger partial charge in [-0.1, -0.05) is 61.2 Å². The van der Waals surface area contributed by atoms with Gasteiger partial charge in [0.2, 0.25) is 27.7 Å². The first-order valence-electron chi connectivity index (χ1n) is 11.7. The molecule has 34 heavy (non-hydrogen) atoms. The SMILES string of the molecule is CC(=O)NC1(c2noc(CCC(=O)NCCS(=O)(=O)NCc3ccccc3)n2)CCCCCC1. The molecule has 11 heteroatoms. The first kappa shape index (κ1) is 25.8. The highest BCUT2D eigenvalue weighted by molar-refractivity contribution is 7.89. The van der Waals surface area contributed by atoms with Crippen LogP contribution in [0.2, 0.25) is 0 Å². The van der Waals surface area contributed by atoms with Crippen molar-refractivity contribution in [2.24, 2.45) is 0 Å². The lowest BCUT2D eigenvalue weighted by molar-refractivity contribution is -0.122. The lowest BCUT2D eigenvalue weighted by Gasteiger charge is -2.30. The molecule has 0 aliphatic heterocycles. The third kappa shape index (κ3) is 7.91. The number of sulfonamides is 1. The van der Waals surface area contributed by atoms with Crippen molar-refractivity contribution in [3.63, 3.8) is 0 Å². The average Bonchev–Trinajstić information content (AvgIpc) is 3.17. The molecule has 1 aliphatic carbocycles. The third-order valence-corrected chi connectivity index (χ3v) is 7.19. The van der Waals surface area contributed by atoms with Gasteiger partial charge in [-0.2, -0.15) is 4.98 Å². The number of aryl methyl sites for hydroxylation is 1. The Kier molecular flexibility index (Phi) is 9.17. The van der Waals surface area contributed by atoms with Crippen LogP contribution in [0.25, 0.3) is 0 Å². The molecule has 1 aromatic carbocycles. The predicted molar refractivity (Wildman–Crippen MR) is 126 cm³/mol. The summed E-state index contributed by atoms with van der Waals surface area (Å²) in [6.07, 6.45) is 5.96. The zero-order chi connectivity index (χ0) is 24.4. The Morgan fingerprint density at radius 1 is 1.09 bits per heavy atom. The van der Waals surface area contributed by atoms with Crippen molar-refractivity contribution in [2.75, 3.05) is 12.3 Å². The highest BCUT2D eigenvalue weighted by Gasteiger charge is 2.38. The van der Waals surface area contributed by atoms with Crippen LogP contribution in [0, 0.1) is 0 Å². The van der Waals surface area contributed by atoms with Crippen LogP contribution >= 0.6 is 0 Å². The fraction of sp³-hybridized carbons (Fsp3) is 0.565. The maximum absolute atomic E-state index is 12.2. The van der Waals surface area contributed by atoms with Crippen LogP contribution < -0.4 is 15.4 Å². The lowest BCUT2D eigenvalue weighted by atomic mass is 9.89. The second-order valence-corrected chi connectivity index (χ2v) is 10.6. The molecule has 1 saturated carbocycles. The number of aromatic nitrogens is 2. The molecule has 1 aromatic heterocycles. The number of hydrogen-bond acceptors (Lipinski definition) is 7. The van der Waals surface area contributed by atoms with Gasteiger partial charge in [0.05, 0.1) is 5.75 Å². The maximum Gasteiger partial charge on any atom is 0.227 e. The number of rotatable bonds is 11. The molecule has 3 N–H and O–H groups in total. The Morgan fingerprint density at radius 2 is 1.79 bits per heavy atom. The summed E-state index contributed by atoms with van der Waals surface area (Å²) in [5, 5.41) is 9.75. The summed E-state index contributed by atoms with van der Waals surface area (Å²) in [4.78, 5) is 28.4. The van der Waals surface area contributed by atoms with Gasteiger partial charge >= 0.3 is 0 Å². The van der Waals surface area contributed by atoms with E-state index >= 15 is 0 Å². The topological polar surface area (TPSA) is 143 Å². The molecule has 0 spiro atoms. The van der Waals surface area contributed by atoms with Crippen LogP contribution in [0.1, 0.15) is 69.1 Å². The Labute approximate surface area is 200 Å². The van der Waals surface area contributed by atoms with Gasteiger partial charge in [0.15, 0.2) is 5.82 Å². The third-order valence-electron chi connectivity index (χ3n) is 5.87. The van der Waals surface area contributed by atoms with Gasteiger partial charge in [0, 0.05) is 32.9 Å². The van der Waals surface area contributed by atoms with E-state index in [0.29, 0.717) is 11.7 Å². The fourth-order valence-electron chi connectivity index (χ4n) is 4.12. The summed E-state index contributed by atoms with van der Waals surface area (Å²) in [6, 6.07) is 9.21. The molecule has 1 fully saturated rings. The highest BCUT2D eigenvalue weighted by atomic mass is 32.2. The smallest absolute Gasteiger partial charge is 0.227 e. The minimum Gasteiger partial charge on any atom is -0.355 e. The van der Waals surface area contributed by atoms with E-state index in [0.717, 1.165) is 44.1 Å². The summed E-state index contributed by atoms with van der Waals surface area (Å²) >= 11 is 0. The minimum absolute atomic E-state index is 0.00365. The van der Waals surface area contributed by atoms with Gasteiger partial charge in [-0.25, -0.2) is 13.1 Å². The first-order chi connectivity index (χ1) is 16.3. The zero-order valence-corrected chi connectivity index (χ0v) is 20.3. The van der Waals surface area contributed by atoms with Crippen molar-refractivity contribution in [1.82, 2.24) is 25.5 Å². The largest absolute Gasteiger partial charge is 0.355 e. The lowest BCUT2D eigenvalue weighted by Crippen LogP contribution is -2.45. The van der Waals surface area contributed by atoms with Crippen molar-refractivity contribution < 1.29 is 22.5 Å². The van der Waals surface area contributed by atoms with E-state index in [1.165, 1.54) is 6.92 Å². The summed E-state index contributed by atoms with van der Waals surface area (Å²) in [6.45, 7) is 1.69. The molecule has 1 aliphatic rings. The minimum atomic E-state index is -3.51. The van der Waals surface area contributed by atoms with Crippen molar-refractivity contribution in [2.45, 2.75) is 70.4 Å². The van der Waals surface area contributed by atoms with E-state index in [1.807, 2.05) is 30.3 Å². The van der Waals surface area contributed by atoms with E-state index < -0.39 is 15.6 Å². The van der Waals surface area contributed by atoms with Crippen molar-refractivity contribution in [1.29, 1.82) is 0 Å². The van der Waals surface area contributed by atoms with E-state index in [-0.39, 0.29) is 43.5 Å². The van der Waals surface area contributed by atoms with Gasteiger partial charge in [-0.3, -0.25) is 9.59 Å². The maximum atomic E-state index is 12.2. The molecule has 186 valence electrons. The molecule has 10 nitrogen and oxygen atoms in total. The van der Waals surface area contributed by atoms with Crippen LogP contribution in [0.3, 0.4) is 0 Å². The second kappa shape index (κ2) is 12.1. The first-order valence-corrected chi connectivity index (χ1v) is 13.3. The quantitative estimate of drug-likeness (QED) is 0.408. The van der Waals surface area contributed by atoms with E-state index in [4.69, 9.17) is 4.52 Å². The number of nitrogens with zero attached hydrogens (tertiary/aromatic N) is 2. The Hall–Kier alpha value is -2.79. The van der Waals surface area contributed by atoms with Crippen molar-refractivity contribution in [3.05, 3.63) is 47.6 Å². The van der Waals surface area contributed by atoms with Crippen LogP contribution in [0.5, 0.6) is 0 Å². The standard InChI is InChI=1S/C23H33N5O5S/c1-18(29)27-23(13-7-2-3-8-14-23)22-26-21(33-28-22)12-11-20(30)24-15-16-34(31,32)25-17-19-9-5-4-6-10-19/h4-6,9-10,25H,2-3,7-8,11-17H2,1H3,(H,24,30)(H,27,29). The van der Waals surface area contributed by atoms with Gasteiger partial charge in [-0.15, -0.1) is 0 Å². The molecule has 0 bridgehead atoms. The summed E-state index contributed by atoms with van der Waals surface area (Å²) in [5.74, 6) is 0.118. The number of nitrogens with one attached hydrogen (secondary N) is 3. The second-order valence-electron chi connectivity index (χ2n) is 8.66. The van der Waals surface area contributed by atoms with Crippen LogP contribution in [-0.2, 0) is 38.1 Å². The molecule has 0 saturated heterocycles. The Morgan fingerprint density at radius 3 is 2.47 bits per heavy atom. The van der Waals surface area contributed by atoms with Crippen LogP contribution in [-0.4, -0.2) is 42.7 Å². The average molecular weight is 492 g/mol. The normalized spacial score (nSPS) is 15.9. The molecule has 1 heterocycles. The molecule has 0 atom stereocenters. The van der Waals surface area contributed by atoms with Crippen LogP contribution in [0.15, 0.2) is 34.9 Å². The highest BCUT2D eigenvalue weighted by Crippen LogP contribution is 2.34. The summed E-state index contributed by atoms with van der Waals surface area (Å²) < 4.78 is 32.1. The zero-order valence-electron chi connectivity index (χ0n) is 19.5. The number of amides is 2. The van der Waals surface area contributed by atoms with E-state index in [9.17, 15) is 18.0 Å². The summed E-state index contributed by atoms with van der Waals surface area (Å²) in [5.41, 5.74) is 0.228. The molecule has 2 aromatic rings. The van der Waals surface area contributed by atoms with Gasteiger partial charge < -0.3 is 15.2 Å². The predicted octanol–water partition coefficient (Wildman–Crippen LogP) is 1.92. The van der Waals surface area contributed by atoms with E-state index in [1.54, 1.807) is 0 Å². The number of carbonyl (C=O) groups is 2. The number of hydrogen-bond donors (Lipinski definition) is 3. The van der Waals surface area contributed by atoms with Crippen LogP contribution in [0.4, 0.5) is 0 Å². The molecular weight excluding hydrogens is 458 g/mol. The van der Waals surface area contributed by atoms with Gasteiger partial charge in [-0.05, 0) is 18.4 Å². The Balaban J connectivity index is 1.44. The molecule has 3 rings (SSSR count).